The Morgan fingerprint density at radius 3 is 2.36 bits per heavy atom. The van der Waals surface area contributed by atoms with Gasteiger partial charge in [-0.3, -0.25) is 0 Å². The molecule has 2 aromatic heterocycles. The van der Waals surface area contributed by atoms with E-state index in [0.717, 1.165) is 18.4 Å². The van der Waals surface area contributed by atoms with Crippen LogP contribution < -0.4 is 4.74 Å². The van der Waals surface area contributed by atoms with E-state index in [-0.39, 0.29) is 29.2 Å². The Bertz CT molecular complexity index is 1670. The smallest absolute Gasteiger partial charge is 0.434 e. The standard InChI is InChI=1S/C31H29ClF3N5O4/c1-38(2)30(43)39-15-13-21(14-16-39)20-11-9-19(10-12-20)18-44-27-22(5-3-6-24(27)32)25-7-4-8-26(37-25)40-28(31(33,34)35)23(17-36-40)29(41)42/h3-12,17,21H,13-16,18H2,1-2H3,(H,41,42). The van der Waals surface area contributed by atoms with Gasteiger partial charge in [0.15, 0.2) is 11.5 Å². The molecule has 9 nitrogen and oxygen atoms in total. The third-order valence-electron chi connectivity index (χ3n) is 7.44. The number of benzene rings is 2. The zero-order valence-corrected chi connectivity index (χ0v) is 24.6. The van der Waals surface area contributed by atoms with Gasteiger partial charge in [0, 0.05) is 32.7 Å². The molecule has 13 heteroatoms. The molecule has 0 aliphatic carbocycles. The number of piperidine rings is 1. The molecule has 0 saturated carbocycles. The van der Waals surface area contributed by atoms with Crippen molar-refractivity contribution in [1.29, 1.82) is 0 Å². The number of hydrogen-bond donors (Lipinski definition) is 1. The Morgan fingerprint density at radius 1 is 1.05 bits per heavy atom. The number of alkyl halides is 3. The quantitative estimate of drug-likeness (QED) is 0.243. The van der Waals surface area contributed by atoms with E-state index in [0.29, 0.717) is 41.2 Å². The molecular weight excluding hydrogens is 599 g/mol. The normalized spacial score (nSPS) is 14.0. The van der Waals surface area contributed by atoms with Gasteiger partial charge in [0.2, 0.25) is 0 Å². The van der Waals surface area contributed by atoms with Crippen molar-refractivity contribution in [2.75, 3.05) is 27.2 Å². The van der Waals surface area contributed by atoms with Crippen molar-refractivity contribution in [2.24, 2.45) is 0 Å². The molecule has 4 aromatic rings. The number of likely N-dealkylation sites (tertiary alicyclic amines) is 1. The Balaban J connectivity index is 1.33. The minimum atomic E-state index is -4.98. The van der Waals surface area contributed by atoms with Crippen LogP contribution in [0.15, 0.2) is 66.9 Å². The molecule has 0 radical (unpaired) electrons. The first-order chi connectivity index (χ1) is 20.9. The summed E-state index contributed by atoms with van der Waals surface area (Å²) >= 11 is 6.49. The van der Waals surface area contributed by atoms with Crippen molar-refractivity contribution >= 4 is 23.6 Å². The van der Waals surface area contributed by atoms with Crippen LogP contribution in [0.25, 0.3) is 17.1 Å². The lowest BCUT2D eigenvalue weighted by molar-refractivity contribution is -0.143. The molecule has 44 heavy (non-hydrogen) atoms. The third-order valence-corrected chi connectivity index (χ3v) is 7.74. The molecule has 1 aliphatic rings. The lowest BCUT2D eigenvalue weighted by Crippen LogP contribution is -2.43. The topological polar surface area (TPSA) is 101 Å². The van der Waals surface area contributed by atoms with Crippen molar-refractivity contribution in [3.63, 3.8) is 0 Å². The van der Waals surface area contributed by atoms with Crippen LogP contribution in [0.5, 0.6) is 5.75 Å². The largest absolute Gasteiger partial charge is 0.487 e. The predicted octanol–water partition coefficient (Wildman–Crippen LogP) is 6.74. The van der Waals surface area contributed by atoms with Gasteiger partial charge in [-0.05, 0) is 54.2 Å². The molecule has 0 atom stereocenters. The molecule has 5 rings (SSSR count). The van der Waals surface area contributed by atoms with E-state index in [9.17, 15) is 27.9 Å². The lowest BCUT2D eigenvalue weighted by atomic mass is 9.89. The average molecular weight is 628 g/mol. The summed E-state index contributed by atoms with van der Waals surface area (Å²) < 4.78 is 47.9. The minimum absolute atomic E-state index is 0.0246. The van der Waals surface area contributed by atoms with Crippen LogP contribution in [-0.4, -0.2) is 68.9 Å². The predicted molar refractivity (Wildman–Crippen MR) is 157 cm³/mol. The maximum atomic E-state index is 13.8. The SMILES string of the molecule is CN(C)C(=O)N1CCC(c2ccc(COc3c(Cl)cccc3-c3cccc(-n4ncc(C(=O)O)c4C(F)(F)F)n3)cc2)CC1. The summed E-state index contributed by atoms with van der Waals surface area (Å²) in [4.78, 5) is 31.4. The monoisotopic (exact) mass is 627 g/mol. The fourth-order valence-electron chi connectivity index (χ4n) is 5.23. The zero-order chi connectivity index (χ0) is 31.6. The summed E-state index contributed by atoms with van der Waals surface area (Å²) in [6.45, 7) is 1.58. The van der Waals surface area contributed by atoms with E-state index in [1.54, 1.807) is 43.3 Å². The molecule has 2 amide bonds. The summed E-state index contributed by atoms with van der Waals surface area (Å²) in [5.41, 5.74) is 0.354. The number of pyridine rings is 1. The Hall–Kier alpha value is -4.58. The fraction of sp³-hybridized carbons (Fsp3) is 0.290. The highest BCUT2D eigenvalue weighted by molar-refractivity contribution is 6.32. The van der Waals surface area contributed by atoms with Crippen LogP contribution in [0.1, 0.15) is 45.9 Å². The van der Waals surface area contributed by atoms with Crippen molar-refractivity contribution in [1.82, 2.24) is 24.6 Å². The first-order valence-corrected chi connectivity index (χ1v) is 14.1. The number of carboxylic acids is 1. The van der Waals surface area contributed by atoms with E-state index in [2.05, 4.69) is 22.2 Å². The number of aromatic nitrogens is 3. The molecule has 1 saturated heterocycles. The van der Waals surface area contributed by atoms with Gasteiger partial charge in [0.25, 0.3) is 0 Å². The van der Waals surface area contributed by atoms with Crippen LogP contribution in [0.4, 0.5) is 18.0 Å². The van der Waals surface area contributed by atoms with Crippen LogP contribution >= 0.6 is 11.6 Å². The summed E-state index contributed by atoms with van der Waals surface area (Å²) in [7, 11) is 3.50. The molecule has 2 aromatic carbocycles. The second kappa shape index (κ2) is 12.6. The number of carboxylic acid groups (broad SMARTS) is 1. The van der Waals surface area contributed by atoms with Crippen molar-refractivity contribution in [2.45, 2.75) is 31.5 Å². The maximum Gasteiger partial charge on any atom is 0.434 e. The average Bonchev–Trinajstić information content (AvgIpc) is 3.47. The van der Waals surface area contributed by atoms with Crippen LogP contribution in [0, 0.1) is 0 Å². The second-order valence-corrected chi connectivity index (χ2v) is 11.0. The van der Waals surface area contributed by atoms with Crippen molar-refractivity contribution in [3.8, 4) is 22.8 Å². The zero-order valence-electron chi connectivity index (χ0n) is 23.9. The minimum Gasteiger partial charge on any atom is -0.487 e. The number of nitrogens with zero attached hydrogens (tertiary/aromatic N) is 5. The van der Waals surface area contributed by atoms with Gasteiger partial charge in [-0.15, -0.1) is 0 Å². The third kappa shape index (κ3) is 6.49. The van der Waals surface area contributed by atoms with Crippen LogP contribution in [-0.2, 0) is 12.8 Å². The number of carbonyl (C=O) groups is 2. The number of hydrogen-bond acceptors (Lipinski definition) is 5. The molecule has 3 heterocycles. The molecule has 1 aliphatic heterocycles. The van der Waals surface area contributed by atoms with Gasteiger partial charge in [-0.1, -0.05) is 48.0 Å². The molecule has 0 unspecified atom stereocenters. The van der Waals surface area contributed by atoms with Gasteiger partial charge >= 0.3 is 18.2 Å². The van der Waals surface area contributed by atoms with Crippen molar-refractivity contribution in [3.05, 3.63) is 94.3 Å². The van der Waals surface area contributed by atoms with Gasteiger partial charge in [0.1, 0.15) is 17.9 Å². The molecule has 1 fully saturated rings. The first-order valence-electron chi connectivity index (χ1n) is 13.8. The van der Waals surface area contributed by atoms with E-state index in [1.165, 1.54) is 17.7 Å². The second-order valence-electron chi connectivity index (χ2n) is 10.6. The van der Waals surface area contributed by atoms with Gasteiger partial charge in [-0.25, -0.2) is 19.3 Å². The number of para-hydroxylation sites is 1. The number of amides is 2. The summed E-state index contributed by atoms with van der Waals surface area (Å²) in [6, 6.07) is 17.4. The summed E-state index contributed by atoms with van der Waals surface area (Å²) in [5.74, 6) is -1.33. The van der Waals surface area contributed by atoms with Gasteiger partial charge in [-0.2, -0.15) is 18.3 Å². The van der Waals surface area contributed by atoms with E-state index in [1.807, 2.05) is 17.0 Å². The number of aromatic carboxylic acids is 1. The van der Waals surface area contributed by atoms with Gasteiger partial charge in [0.05, 0.1) is 16.9 Å². The Kier molecular flexibility index (Phi) is 8.82. The van der Waals surface area contributed by atoms with E-state index in [4.69, 9.17) is 16.3 Å². The highest BCUT2D eigenvalue weighted by Crippen LogP contribution is 2.38. The lowest BCUT2D eigenvalue weighted by Gasteiger charge is -2.33. The maximum absolute atomic E-state index is 13.8. The highest BCUT2D eigenvalue weighted by atomic mass is 35.5. The van der Waals surface area contributed by atoms with E-state index >= 15 is 0 Å². The number of halogens is 4. The summed E-state index contributed by atoms with van der Waals surface area (Å²) in [5, 5.41) is 13.2. The molecular formula is C31H29ClF3N5O4. The number of ether oxygens (including phenoxy) is 1. The summed E-state index contributed by atoms with van der Waals surface area (Å²) in [6.07, 6.45) is -2.58. The molecule has 230 valence electrons. The van der Waals surface area contributed by atoms with Crippen molar-refractivity contribution < 1.29 is 32.6 Å². The Morgan fingerprint density at radius 2 is 1.73 bits per heavy atom. The van der Waals surface area contributed by atoms with Crippen LogP contribution in [0.2, 0.25) is 5.02 Å². The van der Waals surface area contributed by atoms with Gasteiger partial charge < -0.3 is 19.6 Å². The highest BCUT2D eigenvalue weighted by Gasteiger charge is 2.41. The van der Waals surface area contributed by atoms with Crippen LogP contribution in [0.3, 0.4) is 0 Å². The number of rotatable bonds is 7. The number of carbonyl (C=O) groups excluding carboxylic acids is 1. The Labute approximate surface area is 256 Å². The number of urea groups is 1. The molecule has 0 bridgehead atoms. The molecule has 0 spiro atoms. The fourth-order valence-corrected chi connectivity index (χ4v) is 5.46. The first kappa shape index (κ1) is 30.9. The molecule has 1 N–H and O–H groups in total. The van der Waals surface area contributed by atoms with E-state index < -0.39 is 23.4 Å².